The van der Waals surface area contributed by atoms with Crippen molar-refractivity contribution in [3.05, 3.63) is 182 Å². The van der Waals surface area contributed by atoms with E-state index in [1.165, 1.54) is 68.9 Å². The minimum absolute atomic E-state index is 0.663. The zero-order chi connectivity index (χ0) is 37.2. The van der Waals surface area contributed by atoms with E-state index in [4.69, 9.17) is 9.97 Å². The second kappa shape index (κ2) is 11.6. The van der Waals surface area contributed by atoms with Crippen LogP contribution in [0.15, 0.2) is 182 Å². The molecule has 4 nitrogen and oxygen atoms in total. The highest BCUT2D eigenvalue weighted by molar-refractivity contribution is 7.25. The average Bonchev–Trinajstić information content (AvgIpc) is 3.92. The van der Waals surface area contributed by atoms with E-state index in [1.54, 1.807) is 0 Å². The van der Waals surface area contributed by atoms with Crippen molar-refractivity contribution in [2.75, 3.05) is 0 Å². The van der Waals surface area contributed by atoms with Gasteiger partial charge in [0.1, 0.15) is 0 Å². The van der Waals surface area contributed by atoms with Crippen LogP contribution >= 0.6 is 11.3 Å². The lowest BCUT2D eigenvalue weighted by Gasteiger charge is -2.13. The van der Waals surface area contributed by atoms with E-state index >= 15 is 0 Å². The minimum Gasteiger partial charge on any atom is -0.309 e. The van der Waals surface area contributed by atoms with E-state index < -0.39 is 0 Å². The molecule has 57 heavy (non-hydrogen) atoms. The first-order valence-corrected chi connectivity index (χ1v) is 20.1. The van der Waals surface area contributed by atoms with Gasteiger partial charge < -0.3 is 4.57 Å². The zero-order valence-electron chi connectivity index (χ0n) is 30.5. The summed E-state index contributed by atoms with van der Waals surface area (Å²) in [7, 11) is 0. The van der Waals surface area contributed by atoms with Gasteiger partial charge in [0.15, 0.2) is 0 Å². The first kappa shape index (κ1) is 30.9. The van der Waals surface area contributed by atoms with Crippen molar-refractivity contribution in [3.8, 4) is 22.9 Å². The normalized spacial score (nSPS) is 12.2. The molecule has 0 unspecified atom stereocenters. The van der Waals surface area contributed by atoms with Gasteiger partial charge in [-0.05, 0) is 70.8 Å². The second-order valence-electron chi connectivity index (χ2n) is 15.0. The second-order valence-corrected chi connectivity index (χ2v) is 16.1. The van der Waals surface area contributed by atoms with Gasteiger partial charge in [0.25, 0.3) is 0 Å². The maximum atomic E-state index is 5.46. The van der Waals surface area contributed by atoms with Crippen LogP contribution in [0.1, 0.15) is 0 Å². The Kier molecular flexibility index (Phi) is 6.29. The largest absolute Gasteiger partial charge is 0.309 e. The van der Waals surface area contributed by atoms with Crippen LogP contribution in [0.25, 0.3) is 119 Å². The Balaban J connectivity index is 1.07. The van der Waals surface area contributed by atoms with Gasteiger partial charge in [-0.2, -0.15) is 0 Å². The summed E-state index contributed by atoms with van der Waals surface area (Å²) in [6.45, 7) is 0. The van der Waals surface area contributed by atoms with Crippen molar-refractivity contribution in [1.82, 2.24) is 19.1 Å². The van der Waals surface area contributed by atoms with Gasteiger partial charge in [-0.1, -0.05) is 127 Å². The van der Waals surface area contributed by atoms with Gasteiger partial charge in [0.2, 0.25) is 5.95 Å². The fourth-order valence-electron chi connectivity index (χ4n) is 9.31. The number of benzene rings is 9. The van der Waals surface area contributed by atoms with Crippen molar-refractivity contribution < 1.29 is 0 Å². The molecule has 0 bridgehead atoms. The summed E-state index contributed by atoms with van der Waals surface area (Å²) in [4.78, 5) is 10.7. The van der Waals surface area contributed by atoms with E-state index in [-0.39, 0.29) is 0 Å². The van der Waals surface area contributed by atoms with Crippen LogP contribution in [0.2, 0.25) is 0 Å². The quantitative estimate of drug-likeness (QED) is 0.181. The first-order valence-electron chi connectivity index (χ1n) is 19.3. The Morgan fingerprint density at radius 1 is 0.368 bits per heavy atom. The number of para-hydroxylation sites is 3. The van der Waals surface area contributed by atoms with Crippen molar-refractivity contribution in [3.63, 3.8) is 0 Å². The predicted octanol–water partition coefficient (Wildman–Crippen LogP) is 14.2. The number of nitrogens with zero attached hydrogens (tertiary/aromatic N) is 4. The molecule has 0 radical (unpaired) electrons. The molecule has 0 amide bonds. The average molecular weight is 743 g/mol. The lowest BCUT2D eigenvalue weighted by atomic mass is 10.0. The molecule has 4 heterocycles. The summed E-state index contributed by atoms with van der Waals surface area (Å²) in [6, 6.07) is 66.0. The van der Waals surface area contributed by atoms with E-state index in [2.05, 4.69) is 191 Å². The molecule has 0 saturated carbocycles. The molecule has 264 valence electrons. The Labute approximate surface area is 330 Å². The number of thiophene rings is 1. The summed E-state index contributed by atoms with van der Waals surface area (Å²) >= 11 is 1.83. The van der Waals surface area contributed by atoms with Crippen LogP contribution in [0, 0.1) is 0 Å². The third-order valence-corrected chi connectivity index (χ3v) is 13.0. The molecule has 0 aliphatic rings. The van der Waals surface area contributed by atoms with Crippen molar-refractivity contribution in [2.45, 2.75) is 0 Å². The topological polar surface area (TPSA) is 35.6 Å². The third-order valence-electron chi connectivity index (χ3n) is 11.9. The fraction of sp³-hybridized carbons (Fsp3) is 0. The maximum Gasteiger partial charge on any atom is 0.235 e. The summed E-state index contributed by atoms with van der Waals surface area (Å²) in [5.41, 5.74) is 8.66. The molecule has 13 rings (SSSR count). The summed E-state index contributed by atoms with van der Waals surface area (Å²) in [5, 5.41) is 13.3. The third kappa shape index (κ3) is 4.43. The van der Waals surface area contributed by atoms with E-state index in [0.29, 0.717) is 5.95 Å². The molecule has 0 spiro atoms. The van der Waals surface area contributed by atoms with Crippen LogP contribution in [0.3, 0.4) is 0 Å². The van der Waals surface area contributed by atoms with Crippen LogP contribution < -0.4 is 0 Å². The van der Waals surface area contributed by atoms with Crippen molar-refractivity contribution in [1.29, 1.82) is 0 Å². The van der Waals surface area contributed by atoms with Gasteiger partial charge in [-0.3, -0.25) is 4.57 Å². The molecular formula is C52H30N4S. The standard InChI is InChI=1S/C52H30N4S/c1-2-12-36-31(11-1)22-26-41-37-13-4-8-18-45(37)55(51(36)41)35-24-21-32-28-43-38-14-5-9-19-46(38)56(47(43)29-34(32)27-35)52-53-44-17-7-3-16-42(44)50(54-52)33-23-25-40-39-15-6-10-20-48(39)57-49(40)30-33/h1-30H. The Morgan fingerprint density at radius 3 is 1.91 bits per heavy atom. The molecule has 0 saturated heterocycles. The smallest absolute Gasteiger partial charge is 0.235 e. The first-order chi connectivity index (χ1) is 28.2. The van der Waals surface area contributed by atoms with E-state index in [1.807, 2.05) is 11.3 Å². The summed E-state index contributed by atoms with van der Waals surface area (Å²) < 4.78 is 7.26. The minimum atomic E-state index is 0.663. The molecule has 5 heteroatoms. The van der Waals surface area contributed by atoms with Gasteiger partial charge in [0.05, 0.1) is 33.3 Å². The Morgan fingerprint density at radius 2 is 1.04 bits per heavy atom. The molecule has 0 atom stereocenters. The highest BCUT2D eigenvalue weighted by atomic mass is 32.1. The lowest BCUT2D eigenvalue weighted by molar-refractivity contribution is 1.01. The number of hydrogen-bond acceptors (Lipinski definition) is 3. The molecule has 0 aliphatic heterocycles. The molecule has 9 aromatic carbocycles. The van der Waals surface area contributed by atoms with Crippen LogP contribution in [-0.2, 0) is 0 Å². The van der Waals surface area contributed by atoms with Crippen LogP contribution in [-0.4, -0.2) is 19.1 Å². The van der Waals surface area contributed by atoms with Crippen molar-refractivity contribution >= 4 is 108 Å². The molecule has 13 aromatic rings. The van der Waals surface area contributed by atoms with Crippen molar-refractivity contribution in [2.24, 2.45) is 0 Å². The number of aromatic nitrogens is 4. The monoisotopic (exact) mass is 742 g/mol. The summed E-state index contributed by atoms with van der Waals surface area (Å²) in [6.07, 6.45) is 0. The number of rotatable bonds is 3. The number of hydrogen-bond donors (Lipinski definition) is 0. The predicted molar refractivity (Wildman–Crippen MR) is 242 cm³/mol. The Hall–Kier alpha value is -7.34. The van der Waals surface area contributed by atoms with Gasteiger partial charge in [-0.25, -0.2) is 9.97 Å². The molecule has 0 aliphatic carbocycles. The van der Waals surface area contributed by atoms with Gasteiger partial charge in [-0.15, -0.1) is 11.3 Å². The molecule has 0 fully saturated rings. The SMILES string of the molecule is c1ccc2c(c1)ccc1c3ccccc3n(-c3ccc4cc5c6ccccc6n(-c6nc(-c7ccc8c(c7)sc7ccccc78)c7ccccc7n6)c5cc4c3)c21. The number of fused-ring (bicyclic) bond motifs is 13. The van der Waals surface area contributed by atoms with Crippen LogP contribution in [0.4, 0.5) is 0 Å². The van der Waals surface area contributed by atoms with Crippen LogP contribution in [0.5, 0.6) is 0 Å². The maximum absolute atomic E-state index is 5.46. The molecular weight excluding hydrogens is 713 g/mol. The molecule has 4 aromatic heterocycles. The van der Waals surface area contributed by atoms with Gasteiger partial charge >= 0.3 is 0 Å². The Bertz CT molecular complexity index is 3830. The zero-order valence-corrected chi connectivity index (χ0v) is 31.3. The summed E-state index contributed by atoms with van der Waals surface area (Å²) in [5.74, 6) is 0.663. The highest BCUT2D eigenvalue weighted by Crippen LogP contribution is 2.41. The lowest BCUT2D eigenvalue weighted by Crippen LogP contribution is -2.03. The molecule has 0 N–H and O–H groups in total. The fourth-order valence-corrected chi connectivity index (χ4v) is 10.5. The highest BCUT2D eigenvalue weighted by Gasteiger charge is 2.20. The van der Waals surface area contributed by atoms with E-state index in [9.17, 15) is 0 Å². The van der Waals surface area contributed by atoms with Gasteiger partial charge in [0, 0.05) is 63.7 Å². The van der Waals surface area contributed by atoms with E-state index in [0.717, 1.165) is 44.3 Å².